The van der Waals surface area contributed by atoms with E-state index in [9.17, 15) is 19.5 Å². The summed E-state index contributed by atoms with van der Waals surface area (Å²) in [7, 11) is 0. The lowest BCUT2D eigenvalue weighted by Crippen LogP contribution is -2.59. The van der Waals surface area contributed by atoms with Crippen molar-refractivity contribution in [3.05, 3.63) is 0 Å². The van der Waals surface area contributed by atoms with Gasteiger partial charge in [0.05, 0.1) is 0 Å². The van der Waals surface area contributed by atoms with Crippen LogP contribution >= 0.6 is 0 Å². The van der Waals surface area contributed by atoms with Gasteiger partial charge in [-0.05, 0) is 26.7 Å². The number of urea groups is 1. The minimum absolute atomic E-state index is 0.0290. The molecule has 0 unspecified atom stereocenters. The molecule has 5 N–H and O–H groups in total. The Hall–Kier alpha value is -1.79. The molecule has 7 heteroatoms. The Morgan fingerprint density at radius 3 is 1.89 bits per heavy atom. The van der Waals surface area contributed by atoms with Gasteiger partial charge in [0.25, 0.3) is 0 Å². The van der Waals surface area contributed by atoms with Crippen molar-refractivity contribution in [1.82, 2.24) is 10.6 Å². The van der Waals surface area contributed by atoms with Crippen molar-refractivity contribution in [2.75, 3.05) is 0 Å². The van der Waals surface area contributed by atoms with Crippen LogP contribution in [0.25, 0.3) is 0 Å². The molecule has 0 aliphatic carbocycles. The molecule has 110 valence electrons. The van der Waals surface area contributed by atoms with Crippen LogP contribution in [0.2, 0.25) is 0 Å². The Morgan fingerprint density at radius 1 is 1.11 bits per heavy atom. The number of carboxylic acids is 1. The van der Waals surface area contributed by atoms with E-state index in [1.54, 1.807) is 27.7 Å². The van der Waals surface area contributed by atoms with Gasteiger partial charge in [-0.1, -0.05) is 13.8 Å². The fraction of sp³-hybridized carbons (Fsp3) is 0.750. The third-order valence-corrected chi connectivity index (χ3v) is 3.04. The van der Waals surface area contributed by atoms with E-state index in [0.717, 1.165) is 0 Å². The second-order valence-electron chi connectivity index (χ2n) is 5.20. The van der Waals surface area contributed by atoms with Crippen LogP contribution in [0, 0.1) is 0 Å². The van der Waals surface area contributed by atoms with Crippen molar-refractivity contribution in [1.29, 1.82) is 0 Å². The van der Waals surface area contributed by atoms with Gasteiger partial charge < -0.3 is 21.5 Å². The number of rotatable bonds is 7. The molecule has 0 aliphatic rings. The standard InChI is InChI=1S/C12H23N3O4/c1-5-12(6-2,9(17)18)15-10(19)14-11(3,4)7-8(13)16/h5-7H2,1-4H3,(H2,13,16)(H,17,18)(H2,14,15,19). The van der Waals surface area contributed by atoms with Gasteiger partial charge in [-0.15, -0.1) is 0 Å². The summed E-state index contributed by atoms with van der Waals surface area (Å²) in [5.41, 5.74) is 2.95. The molecule has 0 spiro atoms. The predicted molar refractivity (Wildman–Crippen MR) is 70.5 cm³/mol. The number of carbonyl (C=O) groups is 3. The molecule has 0 aromatic rings. The maximum absolute atomic E-state index is 11.8. The molecule has 19 heavy (non-hydrogen) atoms. The molecular weight excluding hydrogens is 250 g/mol. The number of nitrogens with two attached hydrogens (primary N) is 1. The molecule has 0 fully saturated rings. The summed E-state index contributed by atoms with van der Waals surface area (Å²) in [6.45, 7) is 6.65. The van der Waals surface area contributed by atoms with Crippen LogP contribution in [0.5, 0.6) is 0 Å². The maximum atomic E-state index is 11.8. The number of primary amides is 1. The van der Waals surface area contributed by atoms with Crippen LogP contribution in [0.3, 0.4) is 0 Å². The van der Waals surface area contributed by atoms with Gasteiger partial charge in [0.2, 0.25) is 5.91 Å². The van der Waals surface area contributed by atoms with Crippen molar-refractivity contribution in [3.8, 4) is 0 Å². The first kappa shape index (κ1) is 17.2. The zero-order chi connectivity index (χ0) is 15.3. The third kappa shape index (κ3) is 5.15. The summed E-state index contributed by atoms with van der Waals surface area (Å²) in [5, 5.41) is 14.2. The fourth-order valence-electron chi connectivity index (χ4n) is 1.82. The molecule has 0 radical (unpaired) electrons. The molecule has 0 atom stereocenters. The Balaban J connectivity index is 4.77. The van der Waals surface area contributed by atoms with Crippen molar-refractivity contribution < 1.29 is 19.5 Å². The Morgan fingerprint density at radius 2 is 1.58 bits per heavy atom. The highest BCUT2D eigenvalue weighted by Crippen LogP contribution is 2.16. The molecule has 0 heterocycles. The Labute approximate surface area is 112 Å². The van der Waals surface area contributed by atoms with E-state index in [-0.39, 0.29) is 19.3 Å². The quantitative estimate of drug-likeness (QED) is 0.542. The van der Waals surface area contributed by atoms with E-state index in [1.807, 2.05) is 0 Å². The van der Waals surface area contributed by atoms with E-state index >= 15 is 0 Å². The van der Waals surface area contributed by atoms with E-state index in [4.69, 9.17) is 5.73 Å². The molecule has 7 nitrogen and oxygen atoms in total. The average Bonchev–Trinajstić information content (AvgIpc) is 2.22. The second kappa shape index (κ2) is 6.40. The molecule has 0 rings (SSSR count). The van der Waals surface area contributed by atoms with Gasteiger partial charge in [-0.2, -0.15) is 0 Å². The summed E-state index contributed by atoms with van der Waals surface area (Å²) in [4.78, 5) is 33.9. The first-order chi connectivity index (χ1) is 8.58. The largest absolute Gasteiger partial charge is 0.480 e. The number of hydrogen-bond donors (Lipinski definition) is 4. The summed E-state index contributed by atoms with van der Waals surface area (Å²) >= 11 is 0. The maximum Gasteiger partial charge on any atom is 0.329 e. The molecule has 0 aromatic carbocycles. The number of carbonyl (C=O) groups excluding carboxylic acids is 2. The zero-order valence-corrected chi connectivity index (χ0v) is 11.9. The van der Waals surface area contributed by atoms with Gasteiger partial charge in [-0.3, -0.25) is 4.79 Å². The molecular formula is C12H23N3O4. The number of amides is 3. The lowest BCUT2D eigenvalue weighted by atomic mass is 9.93. The van der Waals surface area contributed by atoms with Crippen molar-refractivity contribution in [3.63, 3.8) is 0 Å². The van der Waals surface area contributed by atoms with Gasteiger partial charge in [-0.25, -0.2) is 9.59 Å². The molecule has 0 saturated carbocycles. The van der Waals surface area contributed by atoms with Gasteiger partial charge in [0, 0.05) is 12.0 Å². The number of carboxylic acid groups (broad SMARTS) is 1. The van der Waals surface area contributed by atoms with Crippen LogP contribution in [-0.4, -0.2) is 34.1 Å². The minimum Gasteiger partial charge on any atom is -0.480 e. The SMILES string of the molecule is CCC(CC)(NC(=O)NC(C)(C)CC(N)=O)C(=O)O. The summed E-state index contributed by atoms with van der Waals surface area (Å²) < 4.78 is 0. The summed E-state index contributed by atoms with van der Waals surface area (Å²) in [6, 6.07) is -0.627. The van der Waals surface area contributed by atoms with Crippen LogP contribution in [0.15, 0.2) is 0 Å². The van der Waals surface area contributed by atoms with E-state index in [0.29, 0.717) is 0 Å². The smallest absolute Gasteiger partial charge is 0.329 e. The molecule has 0 aromatic heterocycles. The van der Waals surface area contributed by atoms with Gasteiger partial charge in [0.1, 0.15) is 5.54 Å². The fourth-order valence-corrected chi connectivity index (χ4v) is 1.82. The Kier molecular flexibility index (Phi) is 5.80. The number of aliphatic carboxylic acids is 1. The first-order valence-corrected chi connectivity index (χ1v) is 6.20. The van der Waals surface area contributed by atoms with Crippen molar-refractivity contribution >= 4 is 17.9 Å². The van der Waals surface area contributed by atoms with Crippen LogP contribution in [0.4, 0.5) is 4.79 Å². The van der Waals surface area contributed by atoms with Gasteiger partial charge in [0.15, 0.2) is 0 Å². The van der Waals surface area contributed by atoms with Crippen LogP contribution < -0.4 is 16.4 Å². The topological polar surface area (TPSA) is 122 Å². The lowest BCUT2D eigenvalue weighted by molar-refractivity contribution is -0.144. The predicted octanol–water partition coefficient (Wildman–Crippen LogP) is 0.583. The van der Waals surface area contributed by atoms with E-state index in [1.165, 1.54) is 0 Å². The summed E-state index contributed by atoms with van der Waals surface area (Å²) in [6.07, 6.45) is 0.504. The monoisotopic (exact) mass is 273 g/mol. The Bertz CT molecular complexity index is 362. The van der Waals surface area contributed by atoms with Crippen LogP contribution in [-0.2, 0) is 9.59 Å². The first-order valence-electron chi connectivity index (χ1n) is 6.20. The third-order valence-electron chi connectivity index (χ3n) is 3.04. The second-order valence-corrected chi connectivity index (χ2v) is 5.20. The highest BCUT2D eigenvalue weighted by molar-refractivity contribution is 5.86. The van der Waals surface area contributed by atoms with Crippen molar-refractivity contribution in [2.45, 2.75) is 58.0 Å². The molecule has 3 amide bonds. The summed E-state index contributed by atoms with van der Waals surface area (Å²) in [5.74, 6) is -1.62. The van der Waals surface area contributed by atoms with Crippen LogP contribution in [0.1, 0.15) is 47.0 Å². The zero-order valence-electron chi connectivity index (χ0n) is 11.9. The van der Waals surface area contributed by atoms with E-state index in [2.05, 4.69) is 10.6 Å². The highest BCUT2D eigenvalue weighted by atomic mass is 16.4. The molecule has 0 bridgehead atoms. The van der Waals surface area contributed by atoms with Gasteiger partial charge >= 0.3 is 12.0 Å². The highest BCUT2D eigenvalue weighted by Gasteiger charge is 2.37. The number of nitrogens with one attached hydrogen (secondary N) is 2. The molecule has 0 aliphatic heterocycles. The van der Waals surface area contributed by atoms with Crippen molar-refractivity contribution in [2.24, 2.45) is 5.73 Å². The lowest BCUT2D eigenvalue weighted by Gasteiger charge is -2.31. The molecule has 0 saturated heterocycles. The average molecular weight is 273 g/mol. The van der Waals surface area contributed by atoms with E-state index < -0.39 is 29.0 Å². The number of hydrogen-bond acceptors (Lipinski definition) is 3. The normalized spacial score (nSPS) is 11.8. The minimum atomic E-state index is -1.30.